The summed E-state index contributed by atoms with van der Waals surface area (Å²) in [7, 11) is 0. The third-order valence-corrected chi connectivity index (χ3v) is 2.16. The van der Waals surface area contributed by atoms with Gasteiger partial charge in [0, 0.05) is 6.20 Å². The molecule has 1 N–H and O–H groups in total. The van der Waals surface area contributed by atoms with Crippen molar-refractivity contribution in [3.63, 3.8) is 0 Å². The van der Waals surface area contributed by atoms with Gasteiger partial charge in [-0.15, -0.1) is 6.58 Å². The molecule has 1 aromatic heterocycles. The Hall–Kier alpha value is -0.740. The van der Waals surface area contributed by atoms with Crippen LogP contribution in [0.15, 0.2) is 29.1 Å². The van der Waals surface area contributed by atoms with E-state index in [0.717, 1.165) is 10.0 Å². The van der Waals surface area contributed by atoms with Gasteiger partial charge >= 0.3 is 0 Å². The molecule has 0 aliphatic heterocycles. The number of aliphatic hydroxyl groups excluding tert-OH is 1. The Kier molecular flexibility index (Phi) is 3.57. The van der Waals surface area contributed by atoms with E-state index >= 15 is 0 Å². The van der Waals surface area contributed by atoms with E-state index in [4.69, 9.17) is 0 Å². The molecule has 13 heavy (non-hydrogen) atoms. The van der Waals surface area contributed by atoms with Gasteiger partial charge in [0.2, 0.25) is 0 Å². The molecule has 0 fully saturated rings. The van der Waals surface area contributed by atoms with E-state index in [1.165, 1.54) is 6.33 Å². The first-order valence-corrected chi connectivity index (χ1v) is 4.68. The van der Waals surface area contributed by atoms with Crippen molar-refractivity contribution in [2.75, 3.05) is 0 Å². The van der Waals surface area contributed by atoms with Crippen molar-refractivity contribution in [3.05, 3.63) is 34.8 Å². The molecule has 0 aliphatic rings. The molecular weight excluding hydrogens is 232 g/mol. The Morgan fingerprint density at radius 3 is 3.00 bits per heavy atom. The van der Waals surface area contributed by atoms with E-state index in [1.54, 1.807) is 6.20 Å². The van der Waals surface area contributed by atoms with Gasteiger partial charge in [0.15, 0.2) is 0 Å². The molecule has 70 valence electrons. The number of aromatic nitrogens is 2. The number of hydrogen-bond donors (Lipinski definition) is 1. The summed E-state index contributed by atoms with van der Waals surface area (Å²) in [6, 6.07) is 0. The Labute approximate surface area is 85.7 Å². The second-order valence-electron chi connectivity index (χ2n) is 2.93. The summed E-state index contributed by atoms with van der Waals surface area (Å²) in [5.74, 6) is 0. The van der Waals surface area contributed by atoms with Gasteiger partial charge < -0.3 is 5.11 Å². The molecule has 1 atom stereocenters. The third-order valence-electron chi connectivity index (χ3n) is 1.55. The third kappa shape index (κ3) is 2.90. The molecule has 1 unspecified atom stereocenters. The first kappa shape index (κ1) is 10.3. The van der Waals surface area contributed by atoms with Crippen LogP contribution < -0.4 is 0 Å². The highest BCUT2D eigenvalue weighted by Crippen LogP contribution is 2.24. The summed E-state index contributed by atoms with van der Waals surface area (Å²) in [6.07, 6.45) is 2.95. The molecule has 0 saturated heterocycles. The molecule has 4 heteroatoms. The van der Waals surface area contributed by atoms with Gasteiger partial charge in [0.05, 0.1) is 10.2 Å². The highest BCUT2D eigenvalue weighted by molar-refractivity contribution is 9.10. The van der Waals surface area contributed by atoms with Crippen LogP contribution >= 0.6 is 15.9 Å². The Morgan fingerprint density at radius 1 is 1.77 bits per heavy atom. The minimum absolute atomic E-state index is 0.523. The maximum atomic E-state index is 9.69. The zero-order valence-electron chi connectivity index (χ0n) is 7.37. The summed E-state index contributed by atoms with van der Waals surface area (Å²) in [5.41, 5.74) is 1.54. The van der Waals surface area contributed by atoms with Crippen molar-refractivity contribution in [1.82, 2.24) is 9.97 Å². The second kappa shape index (κ2) is 4.48. The largest absolute Gasteiger partial charge is 0.386 e. The van der Waals surface area contributed by atoms with Crippen LogP contribution in [0.2, 0.25) is 0 Å². The monoisotopic (exact) mass is 242 g/mol. The van der Waals surface area contributed by atoms with Crippen molar-refractivity contribution >= 4 is 15.9 Å². The highest BCUT2D eigenvalue weighted by Gasteiger charge is 2.12. The number of rotatable bonds is 3. The molecule has 3 nitrogen and oxygen atoms in total. The van der Waals surface area contributed by atoms with Crippen LogP contribution in [0.25, 0.3) is 0 Å². The van der Waals surface area contributed by atoms with Gasteiger partial charge in [-0.3, -0.25) is 0 Å². The smallest absolute Gasteiger partial charge is 0.115 e. The number of nitrogens with zero attached hydrogens (tertiary/aromatic N) is 2. The van der Waals surface area contributed by atoms with Gasteiger partial charge in [-0.25, -0.2) is 9.97 Å². The van der Waals surface area contributed by atoms with Crippen LogP contribution in [-0.4, -0.2) is 15.1 Å². The van der Waals surface area contributed by atoms with Gasteiger partial charge in [0.25, 0.3) is 0 Å². The lowest BCUT2D eigenvalue weighted by molar-refractivity contribution is 0.172. The van der Waals surface area contributed by atoms with E-state index < -0.39 is 6.10 Å². The van der Waals surface area contributed by atoms with Crippen molar-refractivity contribution < 1.29 is 5.11 Å². The fourth-order valence-corrected chi connectivity index (χ4v) is 1.48. The van der Waals surface area contributed by atoms with Gasteiger partial charge in [-0.1, -0.05) is 5.57 Å². The summed E-state index contributed by atoms with van der Waals surface area (Å²) in [6.45, 7) is 5.60. The maximum Gasteiger partial charge on any atom is 0.115 e. The Balaban J connectivity index is 2.82. The van der Waals surface area contributed by atoms with Crippen LogP contribution in [0.4, 0.5) is 0 Å². The number of aliphatic hydroxyl groups is 1. The van der Waals surface area contributed by atoms with Gasteiger partial charge in [-0.05, 0) is 29.3 Å². The predicted octanol–water partition coefficient (Wildman–Crippen LogP) is 2.24. The predicted molar refractivity (Wildman–Crippen MR) is 54.1 cm³/mol. The molecule has 0 radical (unpaired) electrons. The Morgan fingerprint density at radius 2 is 2.46 bits per heavy atom. The standard InChI is InChI=1S/C9H11BrN2O/c1-6(2)3-8(13)9-7(10)4-11-5-12-9/h4-5,8,13H,1,3H2,2H3. The van der Waals surface area contributed by atoms with Crippen LogP contribution in [0.5, 0.6) is 0 Å². The fourth-order valence-electron chi connectivity index (χ4n) is 0.994. The average molecular weight is 243 g/mol. The lowest BCUT2D eigenvalue weighted by Gasteiger charge is -2.10. The fraction of sp³-hybridized carbons (Fsp3) is 0.333. The van der Waals surface area contributed by atoms with Gasteiger partial charge in [0.1, 0.15) is 12.4 Å². The van der Waals surface area contributed by atoms with Crippen LogP contribution in [0.1, 0.15) is 25.1 Å². The van der Waals surface area contributed by atoms with Crippen molar-refractivity contribution in [1.29, 1.82) is 0 Å². The van der Waals surface area contributed by atoms with Crippen molar-refractivity contribution in [2.24, 2.45) is 0 Å². The SMILES string of the molecule is C=C(C)CC(O)c1ncncc1Br. The lowest BCUT2D eigenvalue weighted by atomic mass is 10.1. The van der Waals surface area contributed by atoms with E-state index in [-0.39, 0.29) is 0 Å². The first-order valence-electron chi connectivity index (χ1n) is 3.89. The molecule has 1 heterocycles. The minimum Gasteiger partial charge on any atom is -0.386 e. The maximum absolute atomic E-state index is 9.69. The van der Waals surface area contributed by atoms with E-state index in [2.05, 4.69) is 32.5 Å². The minimum atomic E-state index is -0.602. The van der Waals surface area contributed by atoms with E-state index in [9.17, 15) is 5.11 Å². The zero-order valence-corrected chi connectivity index (χ0v) is 8.95. The number of hydrogen-bond acceptors (Lipinski definition) is 3. The number of halogens is 1. The second-order valence-corrected chi connectivity index (χ2v) is 3.79. The van der Waals surface area contributed by atoms with Crippen molar-refractivity contribution in [2.45, 2.75) is 19.4 Å². The molecule has 0 saturated carbocycles. The van der Waals surface area contributed by atoms with E-state index in [0.29, 0.717) is 12.1 Å². The molecule has 1 aromatic rings. The quantitative estimate of drug-likeness (QED) is 0.828. The molecule has 1 rings (SSSR count). The summed E-state index contributed by atoms with van der Waals surface area (Å²) in [5, 5.41) is 9.69. The Bertz CT molecular complexity index is 314. The van der Waals surface area contributed by atoms with Crippen LogP contribution in [-0.2, 0) is 0 Å². The summed E-state index contributed by atoms with van der Waals surface area (Å²) >= 11 is 3.27. The van der Waals surface area contributed by atoms with E-state index in [1.807, 2.05) is 6.92 Å². The molecule has 0 bridgehead atoms. The van der Waals surface area contributed by atoms with Gasteiger partial charge in [-0.2, -0.15) is 0 Å². The van der Waals surface area contributed by atoms with Crippen LogP contribution in [0, 0.1) is 0 Å². The van der Waals surface area contributed by atoms with Crippen LogP contribution in [0.3, 0.4) is 0 Å². The molecule has 0 aromatic carbocycles. The molecular formula is C9H11BrN2O. The zero-order chi connectivity index (χ0) is 9.84. The topological polar surface area (TPSA) is 46.0 Å². The highest BCUT2D eigenvalue weighted by atomic mass is 79.9. The summed E-state index contributed by atoms with van der Waals surface area (Å²) < 4.78 is 0.726. The first-order chi connectivity index (χ1) is 6.11. The lowest BCUT2D eigenvalue weighted by Crippen LogP contribution is -2.02. The average Bonchev–Trinajstić information content (AvgIpc) is 2.03. The summed E-state index contributed by atoms with van der Waals surface area (Å²) in [4.78, 5) is 7.80. The molecule has 0 aliphatic carbocycles. The molecule has 0 amide bonds. The van der Waals surface area contributed by atoms with Crippen molar-refractivity contribution in [3.8, 4) is 0 Å². The molecule has 0 spiro atoms. The normalized spacial score (nSPS) is 12.5.